The lowest BCUT2D eigenvalue weighted by Gasteiger charge is -2.15. The molecule has 0 fully saturated rings. The van der Waals surface area contributed by atoms with E-state index in [1.807, 2.05) is 38.1 Å². The average molecular weight is 204 g/mol. The molecule has 0 spiro atoms. The van der Waals surface area contributed by atoms with Gasteiger partial charge in [-0.3, -0.25) is 0 Å². The van der Waals surface area contributed by atoms with E-state index in [0.717, 1.165) is 11.1 Å². The van der Waals surface area contributed by atoms with Gasteiger partial charge in [0.1, 0.15) is 11.8 Å². The van der Waals surface area contributed by atoms with E-state index in [-0.39, 0.29) is 6.04 Å². The molecule has 0 saturated carbocycles. The Labute approximate surface area is 90.5 Å². The minimum absolute atomic E-state index is 0.0919. The largest absolute Gasteiger partial charge is 0.476 e. The van der Waals surface area contributed by atoms with Gasteiger partial charge in [0.2, 0.25) is 0 Å². The first kappa shape index (κ1) is 11.5. The Bertz CT molecular complexity index is 380. The fraction of sp³-hybridized carbons (Fsp3) is 0.417. The Kier molecular flexibility index (Phi) is 3.70. The maximum absolute atomic E-state index is 8.67. The monoisotopic (exact) mass is 204 g/mol. The molecule has 1 aromatic rings. The molecule has 0 heterocycles. The van der Waals surface area contributed by atoms with Crippen molar-refractivity contribution in [2.45, 2.75) is 32.9 Å². The first-order valence-electron chi connectivity index (χ1n) is 4.97. The normalized spacial score (nSPS) is 14.1. The maximum atomic E-state index is 8.67. The van der Waals surface area contributed by atoms with Gasteiger partial charge in [0.25, 0.3) is 0 Å². The van der Waals surface area contributed by atoms with Gasteiger partial charge in [-0.1, -0.05) is 17.7 Å². The summed E-state index contributed by atoms with van der Waals surface area (Å²) in [4.78, 5) is 0. The minimum Gasteiger partial charge on any atom is -0.476 e. The van der Waals surface area contributed by atoms with Crippen LogP contribution in [0.4, 0.5) is 0 Å². The molecule has 3 heteroatoms. The lowest BCUT2D eigenvalue weighted by molar-refractivity contribution is 0.272. The Hall–Kier alpha value is -1.53. The highest BCUT2D eigenvalue weighted by atomic mass is 16.5. The average Bonchev–Trinajstić information content (AvgIpc) is 2.20. The summed E-state index contributed by atoms with van der Waals surface area (Å²) in [7, 11) is 0. The summed E-state index contributed by atoms with van der Waals surface area (Å²) in [5.41, 5.74) is 7.92. The second-order valence-electron chi connectivity index (χ2n) is 3.72. The van der Waals surface area contributed by atoms with Crippen molar-refractivity contribution in [3.63, 3.8) is 0 Å². The summed E-state index contributed by atoms with van der Waals surface area (Å²) in [5, 5.41) is 8.67. The van der Waals surface area contributed by atoms with E-state index in [1.165, 1.54) is 0 Å². The highest BCUT2D eigenvalue weighted by Gasteiger charge is 2.10. The molecule has 1 aromatic carbocycles. The van der Waals surface area contributed by atoms with Crippen molar-refractivity contribution in [1.82, 2.24) is 0 Å². The molecular formula is C12H16N2O. The predicted molar refractivity (Wildman–Crippen MR) is 59.5 cm³/mol. The van der Waals surface area contributed by atoms with E-state index in [9.17, 15) is 0 Å². The van der Waals surface area contributed by atoms with Gasteiger partial charge in [-0.05, 0) is 26.8 Å². The van der Waals surface area contributed by atoms with Crippen LogP contribution in [0.5, 0.6) is 5.75 Å². The van der Waals surface area contributed by atoms with Gasteiger partial charge in [-0.2, -0.15) is 5.26 Å². The van der Waals surface area contributed by atoms with Crippen LogP contribution in [0.1, 0.15) is 31.0 Å². The second kappa shape index (κ2) is 4.81. The highest BCUT2D eigenvalue weighted by Crippen LogP contribution is 2.25. The molecule has 2 atom stereocenters. The van der Waals surface area contributed by atoms with Gasteiger partial charge < -0.3 is 10.5 Å². The first-order chi connectivity index (χ1) is 7.04. The molecule has 0 aromatic heterocycles. The van der Waals surface area contributed by atoms with Crippen molar-refractivity contribution in [3.05, 3.63) is 29.3 Å². The van der Waals surface area contributed by atoms with Crippen LogP contribution in [-0.2, 0) is 0 Å². The van der Waals surface area contributed by atoms with Gasteiger partial charge in [-0.25, -0.2) is 0 Å². The van der Waals surface area contributed by atoms with Crippen LogP contribution in [0, 0.1) is 18.3 Å². The number of ether oxygens (including phenoxy) is 1. The molecule has 2 N–H and O–H groups in total. The smallest absolute Gasteiger partial charge is 0.181 e. The highest BCUT2D eigenvalue weighted by molar-refractivity contribution is 5.39. The van der Waals surface area contributed by atoms with Gasteiger partial charge >= 0.3 is 0 Å². The Morgan fingerprint density at radius 3 is 2.60 bits per heavy atom. The van der Waals surface area contributed by atoms with Gasteiger partial charge in [0, 0.05) is 11.6 Å². The van der Waals surface area contributed by atoms with Crippen LogP contribution in [0.25, 0.3) is 0 Å². The van der Waals surface area contributed by atoms with E-state index in [0.29, 0.717) is 5.75 Å². The van der Waals surface area contributed by atoms with Crippen LogP contribution in [0.2, 0.25) is 0 Å². The third kappa shape index (κ3) is 2.97. The summed E-state index contributed by atoms with van der Waals surface area (Å²) in [6.07, 6.45) is -0.454. The standard InChI is InChI=1S/C12H16N2O/c1-8-4-5-12(15-9(2)7-13)11(6-8)10(3)14/h4-6,9-10H,14H2,1-3H3. The molecule has 2 unspecified atom stereocenters. The second-order valence-corrected chi connectivity index (χ2v) is 3.72. The number of nitrogens with two attached hydrogens (primary N) is 1. The Balaban J connectivity index is 3.02. The summed E-state index contributed by atoms with van der Waals surface area (Å²) in [6.45, 7) is 5.62. The Morgan fingerprint density at radius 1 is 1.40 bits per heavy atom. The molecule has 1 rings (SSSR count). The number of hydrogen-bond donors (Lipinski definition) is 1. The molecule has 0 aliphatic carbocycles. The molecule has 0 aliphatic rings. The van der Waals surface area contributed by atoms with Crippen molar-refractivity contribution in [2.24, 2.45) is 5.73 Å². The number of nitriles is 1. The number of rotatable bonds is 3. The zero-order valence-corrected chi connectivity index (χ0v) is 9.32. The molecule has 0 saturated heterocycles. The fourth-order valence-corrected chi connectivity index (χ4v) is 1.35. The van der Waals surface area contributed by atoms with Crippen molar-refractivity contribution in [3.8, 4) is 11.8 Å². The Morgan fingerprint density at radius 2 is 2.07 bits per heavy atom. The molecule has 0 aliphatic heterocycles. The van der Waals surface area contributed by atoms with E-state index in [4.69, 9.17) is 15.7 Å². The number of aryl methyl sites for hydroxylation is 1. The van der Waals surface area contributed by atoms with Crippen molar-refractivity contribution in [2.75, 3.05) is 0 Å². The third-order valence-corrected chi connectivity index (χ3v) is 2.14. The van der Waals surface area contributed by atoms with Crippen LogP contribution in [-0.4, -0.2) is 6.10 Å². The van der Waals surface area contributed by atoms with Gasteiger partial charge in [0.05, 0.1) is 0 Å². The number of nitrogens with zero attached hydrogens (tertiary/aromatic N) is 1. The summed E-state index contributed by atoms with van der Waals surface area (Å²) in [5.74, 6) is 0.699. The van der Waals surface area contributed by atoms with Crippen LogP contribution >= 0.6 is 0 Å². The summed E-state index contributed by atoms with van der Waals surface area (Å²) >= 11 is 0. The topological polar surface area (TPSA) is 59.0 Å². The molecule has 0 bridgehead atoms. The number of hydrogen-bond acceptors (Lipinski definition) is 3. The quantitative estimate of drug-likeness (QED) is 0.821. The van der Waals surface area contributed by atoms with E-state index in [2.05, 4.69) is 0 Å². The van der Waals surface area contributed by atoms with Crippen molar-refractivity contribution >= 4 is 0 Å². The van der Waals surface area contributed by atoms with Crippen LogP contribution < -0.4 is 10.5 Å². The third-order valence-electron chi connectivity index (χ3n) is 2.14. The van der Waals surface area contributed by atoms with E-state index >= 15 is 0 Å². The van der Waals surface area contributed by atoms with Gasteiger partial charge in [-0.15, -0.1) is 0 Å². The predicted octanol–water partition coefficient (Wildman–Crippen LogP) is 2.31. The summed E-state index contributed by atoms with van der Waals surface area (Å²) < 4.78 is 5.47. The van der Waals surface area contributed by atoms with Crippen molar-refractivity contribution < 1.29 is 4.74 Å². The molecule has 80 valence electrons. The lowest BCUT2D eigenvalue weighted by atomic mass is 10.1. The zero-order valence-electron chi connectivity index (χ0n) is 9.32. The molecule has 15 heavy (non-hydrogen) atoms. The van der Waals surface area contributed by atoms with Crippen LogP contribution in [0.15, 0.2) is 18.2 Å². The lowest BCUT2D eigenvalue weighted by Crippen LogP contribution is -2.13. The summed E-state index contributed by atoms with van der Waals surface area (Å²) in [6, 6.07) is 7.74. The van der Waals surface area contributed by atoms with Crippen molar-refractivity contribution in [1.29, 1.82) is 5.26 Å². The van der Waals surface area contributed by atoms with E-state index in [1.54, 1.807) is 6.92 Å². The maximum Gasteiger partial charge on any atom is 0.181 e. The molecule has 0 amide bonds. The minimum atomic E-state index is -0.454. The molecular weight excluding hydrogens is 188 g/mol. The van der Waals surface area contributed by atoms with Crippen LogP contribution in [0.3, 0.4) is 0 Å². The zero-order chi connectivity index (χ0) is 11.4. The SMILES string of the molecule is Cc1ccc(OC(C)C#N)c(C(C)N)c1. The van der Waals surface area contributed by atoms with E-state index < -0.39 is 6.10 Å². The number of benzene rings is 1. The molecule has 3 nitrogen and oxygen atoms in total. The van der Waals surface area contributed by atoms with Gasteiger partial charge in [0.15, 0.2) is 6.10 Å². The fourth-order valence-electron chi connectivity index (χ4n) is 1.35. The molecule has 0 radical (unpaired) electrons. The first-order valence-corrected chi connectivity index (χ1v) is 4.97.